The van der Waals surface area contributed by atoms with Crippen LogP contribution in [0, 0.1) is 0 Å². The molecule has 0 unspecified atom stereocenters. The molecule has 0 aliphatic rings. The van der Waals surface area contributed by atoms with Crippen molar-refractivity contribution in [1.29, 1.82) is 0 Å². The molecule has 0 radical (unpaired) electrons. The van der Waals surface area contributed by atoms with E-state index in [1.807, 2.05) is 6.92 Å². The molecule has 0 saturated heterocycles. The quantitative estimate of drug-likeness (QED) is 0.598. The van der Waals surface area contributed by atoms with E-state index in [0.29, 0.717) is 29.5 Å². The van der Waals surface area contributed by atoms with Crippen molar-refractivity contribution in [2.24, 2.45) is 0 Å². The second-order valence-electron chi connectivity index (χ2n) is 5.19. The highest BCUT2D eigenvalue weighted by Gasteiger charge is 2.13. The molecule has 0 aliphatic heterocycles. The zero-order valence-electron chi connectivity index (χ0n) is 13.3. The Morgan fingerprint density at radius 1 is 1.14 bits per heavy atom. The van der Waals surface area contributed by atoms with Crippen LogP contribution in [0.3, 0.4) is 0 Å². The maximum Gasteiger partial charge on any atom is 0.176 e. The molecular weight excluding hydrogens is 286 g/mol. The highest BCUT2D eigenvalue weighted by atomic mass is 35.5. The fourth-order valence-corrected chi connectivity index (χ4v) is 2.44. The van der Waals surface area contributed by atoms with Crippen LogP contribution in [0.25, 0.3) is 0 Å². The highest BCUT2D eigenvalue weighted by molar-refractivity contribution is 6.32. The average molecular weight is 312 g/mol. The summed E-state index contributed by atoms with van der Waals surface area (Å²) in [6, 6.07) is 5.30. The van der Waals surface area contributed by atoms with Gasteiger partial charge in [0.25, 0.3) is 0 Å². The molecular formula is C17H26ClNO2. The van der Waals surface area contributed by atoms with Crippen molar-refractivity contribution in [1.82, 2.24) is 4.90 Å². The van der Waals surface area contributed by atoms with Gasteiger partial charge in [0.2, 0.25) is 0 Å². The third kappa shape index (κ3) is 6.06. The van der Waals surface area contributed by atoms with Crippen molar-refractivity contribution < 1.29 is 9.53 Å². The number of hydrogen-bond donors (Lipinski definition) is 0. The number of rotatable bonds is 10. The number of ketones is 1. The minimum absolute atomic E-state index is 0.112. The lowest BCUT2D eigenvalue weighted by atomic mass is 10.1. The van der Waals surface area contributed by atoms with Crippen LogP contribution in [0.15, 0.2) is 18.2 Å². The molecule has 21 heavy (non-hydrogen) atoms. The first kappa shape index (κ1) is 18.0. The van der Waals surface area contributed by atoms with Gasteiger partial charge in [0.1, 0.15) is 5.75 Å². The van der Waals surface area contributed by atoms with Crippen LogP contribution in [-0.2, 0) is 0 Å². The molecule has 0 N–H and O–H groups in total. The molecule has 0 aromatic heterocycles. The number of Topliss-reactive ketones (excluding diaryl/α,β-unsaturated/α-hetero) is 1. The first-order valence-electron chi connectivity index (χ1n) is 7.80. The Kier molecular flexibility index (Phi) is 8.40. The Bertz CT molecular complexity index is 442. The van der Waals surface area contributed by atoms with Crippen LogP contribution >= 0.6 is 11.6 Å². The van der Waals surface area contributed by atoms with Gasteiger partial charge in [0.15, 0.2) is 5.78 Å². The van der Waals surface area contributed by atoms with E-state index in [0.717, 1.165) is 32.4 Å². The molecule has 1 rings (SSSR count). The van der Waals surface area contributed by atoms with Gasteiger partial charge >= 0.3 is 0 Å². The van der Waals surface area contributed by atoms with Gasteiger partial charge in [-0.3, -0.25) is 9.69 Å². The summed E-state index contributed by atoms with van der Waals surface area (Å²) < 4.78 is 5.53. The summed E-state index contributed by atoms with van der Waals surface area (Å²) >= 11 is 6.18. The fourth-order valence-electron chi connectivity index (χ4n) is 2.20. The number of benzene rings is 1. The Labute approximate surface area is 133 Å². The van der Waals surface area contributed by atoms with Gasteiger partial charge in [-0.2, -0.15) is 0 Å². The van der Waals surface area contributed by atoms with Crippen molar-refractivity contribution in [3.63, 3.8) is 0 Å². The van der Waals surface area contributed by atoms with Crippen molar-refractivity contribution in [3.05, 3.63) is 28.8 Å². The van der Waals surface area contributed by atoms with E-state index in [2.05, 4.69) is 18.7 Å². The van der Waals surface area contributed by atoms with Crippen molar-refractivity contribution >= 4 is 17.4 Å². The molecule has 0 amide bonds. The summed E-state index contributed by atoms with van der Waals surface area (Å²) in [6.07, 6.45) is 3.04. The molecule has 0 saturated carbocycles. The van der Waals surface area contributed by atoms with Gasteiger partial charge in [0, 0.05) is 5.56 Å². The summed E-state index contributed by atoms with van der Waals surface area (Å²) in [7, 11) is 0. The lowest BCUT2D eigenvalue weighted by Gasteiger charge is -2.20. The van der Waals surface area contributed by atoms with Crippen LogP contribution in [0.4, 0.5) is 0 Å². The van der Waals surface area contributed by atoms with Crippen molar-refractivity contribution in [2.45, 2.75) is 40.0 Å². The molecule has 0 fully saturated rings. The normalized spacial score (nSPS) is 10.9. The number of hydrogen-bond acceptors (Lipinski definition) is 3. The largest absolute Gasteiger partial charge is 0.492 e. The van der Waals surface area contributed by atoms with Crippen LogP contribution in [0.2, 0.25) is 5.02 Å². The predicted octanol–water partition coefficient (Wildman–Crippen LogP) is 4.43. The molecule has 0 heterocycles. The molecule has 3 nitrogen and oxygen atoms in total. The fraction of sp³-hybridized carbons (Fsp3) is 0.588. The highest BCUT2D eigenvalue weighted by Crippen LogP contribution is 2.26. The van der Waals surface area contributed by atoms with E-state index >= 15 is 0 Å². The zero-order valence-corrected chi connectivity index (χ0v) is 14.1. The number of carbonyl (C=O) groups is 1. The standard InChI is InChI=1S/C17H26ClNO2/c1-4-9-19(10-5-2)13-16(20)14-7-8-17(15(18)12-14)21-11-6-3/h7-8,12H,4-6,9-11,13H2,1-3H3. The Balaban J connectivity index is 2.71. The first-order valence-corrected chi connectivity index (χ1v) is 8.18. The van der Waals surface area contributed by atoms with Crippen molar-refractivity contribution in [3.8, 4) is 5.75 Å². The summed E-state index contributed by atoms with van der Waals surface area (Å²) in [5.41, 5.74) is 0.654. The molecule has 118 valence electrons. The maximum atomic E-state index is 12.3. The second-order valence-corrected chi connectivity index (χ2v) is 5.60. The van der Waals surface area contributed by atoms with Gasteiger partial charge in [-0.05, 0) is 50.6 Å². The van der Waals surface area contributed by atoms with E-state index in [4.69, 9.17) is 16.3 Å². The van der Waals surface area contributed by atoms with Crippen LogP contribution in [0.5, 0.6) is 5.75 Å². The Morgan fingerprint density at radius 3 is 2.33 bits per heavy atom. The van der Waals surface area contributed by atoms with E-state index in [9.17, 15) is 4.79 Å². The number of nitrogens with zero attached hydrogens (tertiary/aromatic N) is 1. The van der Waals surface area contributed by atoms with E-state index in [1.54, 1.807) is 18.2 Å². The van der Waals surface area contributed by atoms with E-state index in [-0.39, 0.29) is 5.78 Å². The van der Waals surface area contributed by atoms with E-state index in [1.165, 1.54) is 0 Å². The number of carbonyl (C=O) groups excluding carboxylic acids is 1. The number of halogens is 1. The zero-order chi connectivity index (χ0) is 15.7. The van der Waals surface area contributed by atoms with Crippen molar-refractivity contribution in [2.75, 3.05) is 26.2 Å². The second kappa shape index (κ2) is 9.80. The Morgan fingerprint density at radius 2 is 1.81 bits per heavy atom. The molecule has 0 atom stereocenters. The molecule has 1 aromatic rings. The van der Waals surface area contributed by atoms with Gasteiger partial charge < -0.3 is 4.74 Å². The summed E-state index contributed by atoms with van der Waals surface area (Å²) in [4.78, 5) is 14.5. The minimum atomic E-state index is 0.112. The first-order chi connectivity index (χ1) is 10.1. The minimum Gasteiger partial charge on any atom is -0.492 e. The van der Waals surface area contributed by atoms with Gasteiger partial charge in [-0.15, -0.1) is 0 Å². The van der Waals surface area contributed by atoms with Gasteiger partial charge in [0.05, 0.1) is 18.2 Å². The topological polar surface area (TPSA) is 29.5 Å². The average Bonchev–Trinajstić information content (AvgIpc) is 2.46. The third-order valence-corrected chi connectivity index (χ3v) is 3.46. The third-order valence-electron chi connectivity index (χ3n) is 3.16. The summed E-state index contributed by atoms with van der Waals surface area (Å²) in [5, 5.41) is 0.506. The SMILES string of the molecule is CCCOc1ccc(C(=O)CN(CCC)CCC)cc1Cl. The van der Waals surface area contributed by atoms with E-state index < -0.39 is 0 Å². The lowest BCUT2D eigenvalue weighted by molar-refractivity contribution is 0.0930. The monoisotopic (exact) mass is 311 g/mol. The maximum absolute atomic E-state index is 12.3. The summed E-state index contributed by atoms with van der Waals surface area (Å²) in [5.74, 6) is 0.759. The smallest absolute Gasteiger partial charge is 0.176 e. The molecule has 1 aromatic carbocycles. The van der Waals surface area contributed by atoms with Crippen LogP contribution in [-0.4, -0.2) is 36.9 Å². The van der Waals surface area contributed by atoms with Crippen LogP contribution < -0.4 is 4.74 Å². The summed E-state index contributed by atoms with van der Waals surface area (Å²) in [6.45, 7) is 9.28. The molecule has 0 aliphatic carbocycles. The van der Waals surface area contributed by atoms with Gasteiger partial charge in [-0.25, -0.2) is 0 Å². The lowest BCUT2D eigenvalue weighted by Crippen LogP contribution is -2.31. The molecule has 4 heteroatoms. The predicted molar refractivity (Wildman–Crippen MR) is 88.6 cm³/mol. The Hall–Kier alpha value is -1.06. The molecule has 0 bridgehead atoms. The van der Waals surface area contributed by atoms with Gasteiger partial charge in [-0.1, -0.05) is 32.4 Å². The molecule has 0 spiro atoms. The number of ether oxygens (including phenoxy) is 1. The van der Waals surface area contributed by atoms with Crippen LogP contribution in [0.1, 0.15) is 50.4 Å².